The number of methoxy groups -OCH3 is 1. The number of carbonyl (C=O) groups is 1. The third-order valence-corrected chi connectivity index (χ3v) is 4.93. The van der Waals surface area contributed by atoms with Gasteiger partial charge in [0.2, 0.25) is 5.91 Å². The third-order valence-electron chi connectivity index (χ3n) is 4.93. The van der Waals surface area contributed by atoms with Gasteiger partial charge in [0.25, 0.3) is 0 Å². The molecule has 0 unspecified atom stereocenters. The minimum Gasteiger partial charge on any atom is -0.497 e. The van der Waals surface area contributed by atoms with Crippen molar-refractivity contribution in [3.63, 3.8) is 0 Å². The molecular formula is C22H26N2O2. The molecule has 0 fully saturated rings. The Hall–Kier alpha value is -2.75. The molecule has 1 aromatic heterocycles. The van der Waals surface area contributed by atoms with E-state index in [0.29, 0.717) is 6.42 Å². The van der Waals surface area contributed by atoms with E-state index in [1.54, 1.807) is 7.11 Å². The van der Waals surface area contributed by atoms with E-state index in [4.69, 9.17) is 4.74 Å². The zero-order valence-electron chi connectivity index (χ0n) is 15.9. The number of benzene rings is 2. The summed E-state index contributed by atoms with van der Waals surface area (Å²) in [7, 11) is 1.65. The van der Waals surface area contributed by atoms with Gasteiger partial charge in [-0.3, -0.25) is 4.79 Å². The van der Waals surface area contributed by atoms with E-state index in [1.165, 1.54) is 11.1 Å². The van der Waals surface area contributed by atoms with Crippen molar-refractivity contribution in [1.29, 1.82) is 0 Å². The molecule has 2 N–H and O–H groups in total. The van der Waals surface area contributed by atoms with Crippen LogP contribution in [0.3, 0.4) is 0 Å². The normalized spacial score (nSPS) is 10.9. The first-order valence-corrected chi connectivity index (χ1v) is 9.13. The number of H-pyrrole nitrogens is 1. The topological polar surface area (TPSA) is 54.1 Å². The van der Waals surface area contributed by atoms with Gasteiger partial charge in [-0.15, -0.1) is 0 Å². The van der Waals surface area contributed by atoms with Crippen LogP contribution in [0.5, 0.6) is 5.75 Å². The second-order valence-electron chi connectivity index (χ2n) is 6.52. The Morgan fingerprint density at radius 3 is 2.42 bits per heavy atom. The molecule has 26 heavy (non-hydrogen) atoms. The van der Waals surface area contributed by atoms with Crippen LogP contribution in [0.15, 0.2) is 36.4 Å². The fraction of sp³-hybridized carbons (Fsp3) is 0.318. The monoisotopic (exact) mass is 350 g/mol. The van der Waals surface area contributed by atoms with Crippen LogP contribution in [0.25, 0.3) is 10.9 Å². The molecule has 136 valence electrons. The predicted molar refractivity (Wildman–Crippen MR) is 107 cm³/mol. The van der Waals surface area contributed by atoms with Crippen LogP contribution < -0.4 is 10.1 Å². The Labute approximate surface area is 154 Å². The number of hydrogen-bond acceptors (Lipinski definition) is 2. The molecule has 0 atom stereocenters. The van der Waals surface area contributed by atoms with Gasteiger partial charge in [0, 0.05) is 22.3 Å². The van der Waals surface area contributed by atoms with Crippen LogP contribution >= 0.6 is 0 Å². The molecule has 0 bridgehead atoms. The van der Waals surface area contributed by atoms with Crippen LogP contribution in [0, 0.1) is 6.92 Å². The van der Waals surface area contributed by atoms with Crippen molar-refractivity contribution in [2.75, 3.05) is 12.4 Å². The Morgan fingerprint density at radius 1 is 1.12 bits per heavy atom. The van der Waals surface area contributed by atoms with Gasteiger partial charge in [-0.1, -0.05) is 32.0 Å². The first-order valence-electron chi connectivity index (χ1n) is 9.13. The van der Waals surface area contributed by atoms with Crippen molar-refractivity contribution in [3.05, 3.63) is 58.8 Å². The van der Waals surface area contributed by atoms with E-state index in [2.05, 4.69) is 42.3 Å². The summed E-state index contributed by atoms with van der Waals surface area (Å²) >= 11 is 0. The molecule has 0 saturated carbocycles. The highest BCUT2D eigenvalue weighted by Gasteiger charge is 2.15. The molecule has 0 aliphatic heterocycles. The highest BCUT2D eigenvalue weighted by molar-refractivity contribution is 5.97. The van der Waals surface area contributed by atoms with E-state index in [-0.39, 0.29) is 5.91 Å². The van der Waals surface area contributed by atoms with Crippen LogP contribution in [0.1, 0.15) is 36.2 Å². The number of rotatable bonds is 6. The Kier molecular flexibility index (Phi) is 5.31. The van der Waals surface area contributed by atoms with Crippen molar-refractivity contribution in [2.45, 2.75) is 40.0 Å². The quantitative estimate of drug-likeness (QED) is 0.671. The van der Waals surface area contributed by atoms with Gasteiger partial charge >= 0.3 is 0 Å². The maximum absolute atomic E-state index is 12.8. The number of carbonyl (C=O) groups excluding carboxylic acids is 1. The summed E-state index contributed by atoms with van der Waals surface area (Å²) in [5.41, 5.74) is 6.38. The maximum Gasteiger partial charge on any atom is 0.228 e. The largest absolute Gasteiger partial charge is 0.497 e. The van der Waals surface area contributed by atoms with Crippen LogP contribution in [-0.4, -0.2) is 18.0 Å². The molecule has 0 radical (unpaired) electrons. The lowest BCUT2D eigenvalue weighted by Crippen LogP contribution is -2.17. The zero-order chi connectivity index (χ0) is 18.7. The number of nitrogens with one attached hydrogen (secondary N) is 2. The number of para-hydroxylation sites is 1. The summed E-state index contributed by atoms with van der Waals surface area (Å²) in [4.78, 5) is 16.2. The molecule has 3 aromatic rings. The number of hydrogen-bond donors (Lipinski definition) is 2. The summed E-state index contributed by atoms with van der Waals surface area (Å²) in [6, 6.07) is 12.1. The number of fused-ring (bicyclic) bond motifs is 1. The van der Waals surface area contributed by atoms with Gasteiger partial charge < -0.3 is 15.0 Å². The second-order valence-corrected chi connectivity index (χ2v) is 6.52. The van der Waals surface area contributed by atoms with Gasteiger partial charge in [0.05, 0.1) is 13.5 Å². The van der Waals surface area contributed by atoms with Gasteiger partial charge in [-0.05, 0) is 54.7 Å². The maximum atomic E-state index is 12.8. The lowest BCUT2D eigenvalue weighted by Gasteiger charge is -2.14. The molecule has 4 nitrogen and oxygen atoms in total. The summed E-state index contributed by atoms with van der Waals surface area (Å²) in [5, 5.41) is 4.19. The Morgan fingerprint density at radius 2 is 1.81 bits per heavy atom. The molecule has 2 aromatic carbocycles. The summed E-state index contributed by atoms with van der Waals surface area (Å²) in [6.45, 7) is 6.23. The predicted octanol–water partition coefficient (Wildman–Crippen LogP) is 4.79. The Bertz CT molecular complexity index is 918. The van der Waals surface area contributed by atoms with Gasteiger partial charge in [0.1, 0.15) is 5.75 Å². The molecule has 1 amide bonds. The lowest BCUT2D eigenvalue weighted by molar-refractivity contribution is -0.115. The number of aryl methyl sites for hydroxylation is 3. The van der Waals surface area contributed by atoms with Crippen molar-refractivity contribution < 1.29 is 9.53 Å². The smallest absolute Gasteiger partial charge is 0.228 e. The number of aromatic nitrogens is 1. The first kappa shape index (κ1) is 18.1. The molecule has 0 saturated heterocycles. The molecular weight excluding hydrogens is 324 g/mol. The average Bonchev–Trinajstić information content (AvgIpc) is 2.96. The van der Waals surface area contributed by atoms with Gasteiger partial charge in [0.15, 0.2) is 0 Å². The molecule has 1 heterocycles. The molecule has 0 spiro atoms. The fourth-order valence-corrected chi connectivity index (χ4v) is 3.46. The fourth-order valence-electron chi connectivity index (χ4n) is 3.46. The van der Waals surface area contributed by atoms with Crippen molar-refractivity contribution in [2.24, 2.45) is 0 Å². The van der Waals surface area contributed by atoms with Crippen LogP contribution in [0.2, 0.25) is 0 Å². The SMILES string of the molecule is CCc1cccc(CC)c1NC(=O)Cc1c(C)[nH]c2ccc(OC)cc12. The number of ether oxygens (including phenoxy) is 1. The van der Waals surface area contributed by atoms with E-state index in [1.807, 2.05) is 25.1 Å². The minimum absolute atomic E-state index is 0.00687. The third kappa shape index (κ3) is 3.45. The van der Waals surface area contributed by atoms with Crippen molar-refractivity contribution >= 4 is 22.5 Å². The van der Waals surface area contributed by atoms with E-state index >= 15 is 0 Å². The Balaban J connectivity index is 1.90. The van der Waals surface area contributed by atoms with E-state index < -0.39 is 0 Å². The lowest BCUT2D eigenvalue weighted by atomic mass is 10.0. The second kappa shape index (κ2) is 7.65. The van der Waals surface area contributed by atoms with Crippen molar-refractivity contribution in [1.82, 2.24) is 4.98 Å². The number of aromatic amines is 1. The zero-order valence-corrected chi connectivity index (χ0v) is 15.9. The molecule has 4 heteroatoms. The molecule has 3 rings (SSSR count). The van der Waals surface area contributed by atoms with E-state index in [9.17, 15) is 4.79 Å². The summed E-state index contributed by atoms with van der Waals surface area (Å²) < 4.78 is 5.33. The summed E-state index contributed by atoms with van der Waals surface area (Å²) in [6.07, 6.45) is 2.12. The number of anilines is 1. The molecule has 0 aliphatic carbocycles. The molecule has 0 aliphatic rings. The van der Waals surface area contributed by atoms with Gasteiger partial charge in [-0.2, -0.15) is 0 Å². The highest BCUT2D eigenvalue weighted by Crippen LogP contribution is 2.28. The van der Waals surface area contributed by atoms with Crippen molar-refractivity contribution in [3.8, 4) is 5.75 Å². The number of amides is 1. The average molecular weight is 350 g/mol. The standard InChI is InChI=1S/C22H26N2O2/c1-5-15-8-7-9-16(6-2)22(15)24-21(25)13-18-14(3)23-20-11-10-17(26-4)12-19(18)20/h7-12,23H,5-6,13H2,1-4H3,(H,24,25). The minimum atomic E-state index is 0.00687. The first-order chi connectivity index (χ1) is 12.6. The highest BCUT2D eigenvalue weighted by atomic mass is 16.5. The van der Waals surface area contributed by atoms with E-state index in [0.717, 1.165) is 46.4 Å². The van der Waals surface area contributed by atoms with Crippen LogP contribution in [-0.2, 0) is 24.1 Å². The summed E-state index contributed by atoms with van der Waals surface area (Å²) in [5.74, 6) is 0.801. The van der Waals surface area contributed by atoms with Crippen LogP contribution in [0.4, 0.5) is 5.69 Å². The van der Waals surface area contributed by atoms with Gasteiger partial charge in [-0.25, -0.2) is 0 Å².